The third-order valence-electron chi connectivity index (χ3n) is 2.39. The summed E-state index contributed by atoms with van der Waals surface area (Å²) in [5.74, 6) is 5.74. The minimum atomic E-state index is 0.412. The molecule has 0 aliphatic rings. The fraction of sp³-hybridized carbons (Fsp3) is 0.500. The number of allylic oxidation sites excluding steroid dienone is 1. The summed E-state index contributed by atoms with van der Waals surface area (Å²) in [4.78, 5) is 8.54. The molecular weight excluding hydrogens is 200 g/mol. The minimum Gasteiger partial charge on any atom is -0.331 e. The summed E-state index contributed by atoms with van der Waals surface area (Å²) in [5, 5.41) is 0. The van der Waals surface area contributed by atoms with Crippen molar-refractivity contribution in [3.05, 3.63) is 30.0 Å². The molecule has 0 aliphatic heterocycles. The predicted octanol–water partition coefficient (Wildman–Crippen LogP) is 2.20. The van der Waals surface area contributed by atoms with Gasteiger partial charge in [0.2, 0.25) is 0 Å². The van der Waals surface area contributed by atoms with Crippen molar-refractivity contribution in [3.63, 3.8) is 0 Å². The van der Waals surface area contributed by atoms with Crippen LogP contribution in [0.1, 0.15) is 50.9 Å². The molecule has 0 fully saturated rings. The molecule has 0 saturated carbocycles. The quantitative estimate of drug-likeness (QED) is 0.590. The van der Waals surface area contributed by atoms with Gasteiger partial charge in [0, 0.05) is 11.9 Å². The van der Waals surface area contributed by atoms with Crippen LogP contribution in [0.2, 0.25) is 0 Å². The Morgan fingerprint density at radius 2 is 2.25 bits per heavy atom. The third kappa shape index (κ3) is 3.31. The van der Waals surface area contributed by atoms with Gasteiger partial charge in [0.25, 0.3) is 0 Å². The van der Waals surface area contributed by atoms with E-state index in [1.807, 2.05) is 6.07 Å². The number of aromatic nitrogens is 2. The van der Waals surface area contributed by atoms with Crippen LogP contribution in [-0.2, 0) is 0 Å². The van der Waals surface area contributed by atoms with Gasteiger partial charge in [-0.05, 0) is 24.0 Å². The SMILES string of the molecule is CCC/C(=C\NN)c1cc(C(C)C)ncn1. The summed E-state index contributed by atoms with van der Waals surface area (Å²) in [6.45, 7) is 6.38. The molecule has 1 aromatic heterocycles. The lowest BCUT2D eigenvalue weighted by Crippen LogP contribution is -2.14. The Kier molecular flexibility index (Phi) is 4.92. The van der Waals surface area contributed by atoms with E-state index >= 15 is 0 Å². The highest BCUT2D eigenvalue weighted by Crippen LogP contribution is 2.19. The van der Waals surface area contributed by atoms with E-state index in [4.69, 9.17) is 5.84 Å². The Bertz CT molecular complexity index is 358. The Morgan fingerprint density at radius 3 is 2.81 bits per heavy atom. The van der Waals surface area contributed by atoms with Gasteiger partial charge in [-0.1, -0.05) is 27.2 Å². The largest absolute Gasteiger partial charge is 0.331 e. The number of nitrogens with two attached hydrogens (primary N) is 1. The number of hydrogen-bond acceptors (Lipinski definition) is 4. The first-order valence-electron chi connectivity index (χ1n) is 5.66. The fourth-order valence-corrected chi connectivity index (χ4v) is 1.51. The predicted molar refractivity (Wildman–Crippen MR) is 66.3 cm³/mol. The maximum Gasteiger partial charge on any atom is 0.116 e. The van der Waals surface area contributed by atoms with Crippen LogP contribution in [0, 0.1) is 0 Å². The Morgan fingerprint density at radius 1 is 1.50 bits per heavy atom. The van der Waals surface area contributed by atoms with Gasteiger partial charge in [0.1, 0.15) is 6.33 Å². The number of nitrogens with zero attached hydrogens (tertiary/aromatic N) is 2. The molecule has 1 aromatic rings. The zero-order valence-corrected chi connectivity index (χ0v) is 10.2. The minimum absolute atomic E-state index is 0.412. The summed E-state index contributed by atoms with van der Waals surface area (Å²) in [7, 11) is 0. The second-order valence-corrected chi connectivity index (χ2v) is 4.07. The fourth-order valence-electron chi connectivity index (χ4n) is 1.51. The summed E-state index contributed by atoms with van der Waals surface area (Å²) in [6.07, 6.45) is 5.44. The van der Waals surface area contributed by atoms with Crippen LogP contribution in [0.5, 0.6) is 0 Å². The van der Waals surface area contributed by atoms with E-state index in [-0.39, 0.29) is 0 Å². The van der Waals surface area contributed by atoms with Crippen LogP contribution in [0.25, 0.3) is 5.57 Å². The molecule has 88 valence electrons. The molecule has 3 N–H and O–H groups in total. The summed E-state index contributed by atoms with van der Waals surface area (Å²) < 4.78 is 0. The van der Waals surface area contributed by atoms with Crippen LogP contribution >= 0.6 is 0 Å². The molecule has 0 saturated heterocycles. The molecule has 16 heavy (non-hydrogen) atoms. The second kappa shape index (κ2) is 6.23. The average molecular weight is 220 g/mol. The number of rotatable bonds is 5. The zero-order chi connectivity index (χ0) is 12.0. The standard InChI is InChI=1S/C12H20N4/c1-4-5-10(7-16-13)12-6-11(9(2)3)14-8-15-12/h6-9,16H,4-5,13H2,1-3H3/b10-7+. The first-order valence-corrected chi connectivity index (χ1v) is 5.66. The maximum atomic E-state index is 5.33. The van der Waals surface area contributed by atoms with Crippen LogP contribution < -0.4 is 11.3 Å². The van der Waals surface area contributed by atoms with Gasteiger partial charge >= 0.3 is 0 Å². The van der Waals surface area contributed by atoms with Crippen LogP contribution in [0.4, 0.5) is 0 Å². The van der Waals surface area contributed by atoms with E-state index in [0.717, 1.165) is 29.8 Å². The second-order valence-electron chi connectivity index (χ2n) is 4.07. The highest BCUT2D eigenvalue weighted by Gasteiger charge is 2.06. The lowest BCUT2D eigenvalue weighted by atomic mass is 10.0. The number of nitrogens with one attached hydrogen (secondary N) is 1. The first-order chi connectivity index (χ1) is 7.69. The highest BCUT2D eigenvalue weighted by atomic mass is 15.2. The number of hydrazine groups is 1. The van der Waals surface area contributed by atoms with Gasteiger partial charge in [0.05, 0.1) is 5.69 Å². The van der Waals surface area contributed by atoms with Crippen molar-refractivity contribution in [1.82, 2.24) is 15.4 Å². The third-order valence-corrected chi connectivity index (χ3v) is 2.39. The van der Waals surface area contributed by atoms with Crippen molar-refractivity contribution in [3.8, 4) is 0 Å². The molecule has 0 amide bonds. The Hall–Kier alpha value is -1.42. The smallest absolute Gasteiger partial charge is 0.116 e. The molecule has 0 spiro atoms. The molecule has 0 atom stereocenters. The molecule has 4 heteroatoms. The lowest BCUT2D eigenvalue weighted by Gasteiger charge is -2.09. The van der Waals surface area contributed by atoms with Crippen LogP contribution in [0.15, 0.2) is 18.6 Å². The first kappa shape index (κ1) is 12.6. The van der Waals surface area contributed by atoms with E-state index in [1.165, 1.54) is 0 Å². The highest BCUT2D eigenvalue weighted by molar-refractivity contribution is 5.62. The topological polar surface area (TPSA) is 63.8 Å². The van der Waals surface area contributed by atoms with Gasteiger partial charge in [-0.2, -0.15) is 0 Å². The molecule has 0 unspecified atom stereocenters. The van der Waals surface area contributed by atoms with E-state index < -0.39 is 0 Å². The van der Waals surface area contributed by atoms with E-state index in [2.05, 4.69) is 36.2 Å². The van der Waals surface area contributed by atoms with Crippen molar-refractivity contribution in [2.24, 2.45) is 5.84 Å². The summed E-state index contributed by atoms with van der Waals surface area (Å²) in [6, 6.07) is 2.03. The van der Waals surface area contributed by atoms with Crippen LogP contribution in [0.3, 0.4) is 0 Å². The van der Waals surface area contributed by atoms with Gasteiger partial charge in [-0.25, -0.2) is 9.97 Å². The lowest BCUT2D eigenvalue weighted by molar-refractivity contribution is 0.809. The van der Waals surface area contributed by atoms with Gasteiger partial charge in [-0.3, -0.25) is 5.84 Å². The molecular formula is C12H20N4. The summed E-state index contributed by atoms with van der Waals surface area (Å²) in [5.41, 5.74) is 5.71. The molecule has 0 aromatic carbocycles. The monoisotopic (exact) mass is 220 g/mol. The van der Waals surface area contributed by atoms with Gasteiger partial charge in [0.15, 0.2) is 0 Å². The zero-order valence-electron chi connectivity index (χ0n) is 10.2. The molecule has 1 rings (SSSR count). The Balaban J connectivity index is 3.00. The van der Waals surface area contributed by atoms with Gasteiger partial charge in [-0.15, -0.1) is 0 Å². The van der Waals surface area contributed by atoms with Gasteiger partial charge < -0.3 is 5.43 Å². The van der Waals surface area contributed by atoms with Crippen molar-refractivity contribution in [1.29, 1.82) is 0 Å². The van der Waals surface area contributed by atoms with Crippen molar-refractivity contribution in [2.45, 2.75) is 39.5 Å². The van der Waals surface area contributed by atoms with Crippen molar-refractivity contribution < 1.29 is 0 Å². The average Bonchev–Trinajstić information content (AvgIpc) is 2.29. The van der Waals surface area contributed by atoms with E-state index in [0.29, 0.717) is 5.92 Å². The van der Waals surface area contributed by atoms with Crippen molar-refractivity contribution in [2.75, 3.05) is 0 Å². The maximum absolute atomic E-state index is 5.33. The molecule has 0 radical (unpaired) electrons. The molecule has 4 nitrogen and oxygen atoms in total. The molecule has 0 bridgehead atoms. The van der Waals surface area contributed by atoms with E-state index in [1.54, 1.807) is 12.5 Å². The molecule has 1 heterocycles. The normalized spacial score (nSPS) is 11.9. The van der Waals surface area contributed by atoms with E-state index in [9.17, 15) is 0 Å². The van der Waals surface area contributed by atoms with Crippen molar-refractivity contribution >= 4 is 5.57 Å². The Labute approximate surface area is 97.0 Å². The molecule has 0 aliphatic carbocycles. The summed E-state index contributed by atoms with van der Waals surface area (Å²) >= 11 is 0. The van der Waals surface area contributed by atoms with Crippen LogP contribution in [-0.4, -0.2) is 9.97 Å². The number of hydrogen-bond donors (Lipinski definition) is 2.